The van der Waals surface area contributed by atoms with Crippen molar-refractivity contribution >= 4 is 0 Å². The highest BCUT2D eigenvalue weighted by atomic mass is 14.4. The largest absolute Gasteiger partial charge is 0.0656 e. The zero-order chi connectivity index (χ0) is 8.91. The second-order valence-corrected chi connectivity index (χ2v) is 4.49. The molecule has 1 aliphatic carbocycles. The van der Waals surface area contributed by atoms with Crippen molar-refractivity contribution in [3.63, 3.8) is 0 Å². The quantitative estimate of drug-likeness (QED) is 0.492. The average Bonchev–Trinajstić information content (AvgIpc) is 2.14. The van der Waals surface area contributed by atoms with Gasteiger partial charge in [0.05, 0.1) is 0 Å². The molecule has 0 heteroatoms. The molecule has 11 heavy (non-hydrogen) atoms. The van der Waals surface area contributed by atoms with Crippen LogP contribution in [0.15, 0.2) is 0 Å². The van der Waals surface area contributed by atoms with E-state index in [1.807, 2.05) is 0 Å². The summed E-state index contributed by atoms with van der Waals surface area (Å²) in [4.78, 5) is 0. The molecule has 0 nitrogen and oxygen atoms in total. The van der Waals surface area contributed by atoms with Crippen LogP contribution in [0.4, 0.5) is 0 Å². The molecule has 0 heterocycles. The second kappa shape index (κ2) is 4.79. The van der Waals surface area contributed by atoms with Crippen molar-refractivity contribution in [1.82, 2.24) is 0 Å². The highest BCUT2D eigenvalue weighted by Gasteiger charge is 2.30. The lowest BCUT2D eigenvalue weighted by Gasteiger charge is -2.22. The highest BCUT2D eigenvalue weighted by molar-refractivity contribution is 4.81. The van der Waals surface area contributed by atoms with Crippen molar-refractivity contribution < 1.29 is 0 Å². The third-order valence-electron chi connectivity index (χ3n) is 2.79. The van der Waals surface area contributed by atoms with E-state index in [1.54, 1.807) is 0 Å². The van der Waals surface area contributed by atoms with E-state index in [2.05, 4.69) is 34.6 Å². The van der Waals surface area contributed by atoms with Crippen molar-refractivity contribution in [2.45, 2.75) is 60.3 Å². The highest BCUT2D eigenvalue weighted by Crippen LogP contribution is 2.41. The van der Waals surface area contributed by atoms with E-state index in [-0.39, 0.29) is 0 Å². The maximum absolute atomic E-state index is 2.38. The Morgan fingerprint density at radius 1 is 1.27 bits per heavy atom. The molecule has 1 atom stereocenters. The van der Waals surface area contributed by atoms with Crippen LogP contribution < -0.4 is 0 Å². The minimum absolute atomic E-state index is 0.653. The van der Waals surface area contributed by atoms with Crippen LogP contribution in [0.3, 0.4) is 0 Å². The van der Waals surface area contributed by atoms with Crippen LogP contribution in [-0.2, 0) is 0 Å². The van der Waals surface area contributed by atoms with Gasteiger partial charge in [-0.25, -0.2) is 0 Å². The third-order valence-corrected chi connectivity index (χ3v) is 2.79. The molecule has 0 spiro atoms. The molecule has 0 saturated heterocycles. The summed E-state index contributed by atoms with van der Waals surface area (Å²) in [6.07, 6.45) is 5.59. The molecule has 0 aromatic carbocycles. The SMILES string of the molecule is CC1CCCC1(C)C.CCC. The first kappa shape index (κ1) is 11.0. The van der Waals surface area contributed by atoms with Gasteiger partial charge in [0.15, 0.2) is 0 Å². The van der Waals surface area contributed by atoms with Gasteiger partial charge in [-0.3, -0.25) is 0 Å². The zero-order valence-corrected chi connectivity index (χ0v) is 8.91. The number of rotatable bonds is 0. The zero-order valence-electron chi connectivity index (χ0n) is 8.91. The fourth-order valence-corrected chi connectivity index (χ4v) is 1.50. The predicted molar refractivity (Wildman–Crippen MR) is 52.8 cm³/mol. The van der Waals surface area contributed by atoms with Gasteiger partial charge in [-0.1, -0.05) is 53.9 Å². The molecule has 0 amide bonds. The Labute approximate surface area is 72.4 Å². The van der Waals surface area contributed by atoms with Gasteiger partial charge in [0.25, 0.3) is 0 Å². The monoisotopic (exact) mass is 156 g/mol. The number of hydrogen-bond acceptors (Lipinski definition) is 0. The van der Waals surface area contributed by atoms with E-state index in [0.29, 0.717) is 5.41 Å². The molecule has 1 aliphatic rings. The van der Waals surface area contributed by atoms with Gasteiger partial charge in [0.2, 0.25) is 0 Å². The van der Waals surface area contributed by atoms with Gasteiger partial charge in [0.1, 0.15) is 0 Å². The number of hydrogen-bond donors (Lipinski definition) is 0. The Balaban J connectivity index is 0.000000292. The Morgan fingerprint density at radius 2 is 1.73 bits per heavy atom. The Bertz CT molecular complexity index is 92.2. The topological polar surface area (TPSA) is 0 Å². The van der Waals surface area contributed by atoms with Crippen molar-refractivity contribution in [2.24, 2.45) is 11.3 Å². The summed E-state index contributed by atoms with van der Waals surface area (Å²) >= 11 is 0. The molecule has 1 saturated carbocycles. The van der Waals surface area contributed by atoms with E-state index in [1.165, 1.54) is 25.7 Å². The fraction of sp³-hybridized carbons (Fsp3) is 1.00. The molecule has 0 bridgehead atoms. The van der Waals surface area contributed by atoms with Gasteiger partial charge in [0, 0.05) is 0 Å². The molecule has 68 valence electrons. The third kappa shape index (κ3) is 3.79. The summed E-state index contributed by atoms with van der Waals surface area (Å²) in [6, 6.07) is 0. The summed E-state index contributed by atoms with van der Waals surface area (Å²) in [5.74, 6) is 0.961. The van der Waals surface area contributed by atoms with E-state index in [0.717, 1.165) is 5.92 Å². The van der Waals surface area contributed by atoms with Crippen LogP contribution in [0.5, 0.6) is 0 Å². The van der Waals surface area contributed by atoms with E-state index in [9.17, 15) is 0 Å². The standard InChI is InChI=1S/C8H16.C3H8/c1-7-5-4-6-8(7,2)3;1-3-2/h7H,4-6H2,1-3H3;3H2,1-2H3. The lowest BCUT2D eigenvalue weighted by Crippen LogP contribution is -2.13. The van der Waals surface area contributed by atoms with Gasteiger partial charge in [-0.05, 0) is 17.8 Å². The van der Waals surface area contributed by atoms with Crippen molar-refractivity contribution in [3.05, 3.63) is 0 Å². The summed E-state index contributed by atoms with van der Waals surface area (Å²) in [5.41, 5.74) is 0.653. The van der Waals surface area contributed by atoms with Crippen LogP contribution in [0.2, 0.25) is 0 Å². The molecule has 0 aromatic heterocycles. The van der Waals surface area contributed by atoms with E-state index in [4.69, 9.17) is 0 Å². The molecule has 0 aromatic rings. The Morgan fingerprint density at radius 3 is 1.82 bits per heavy atom. The molecule has 1 rings (SSSR count). The first-order valence-corrected chi connectivity index (χ1v) is 5.04. The normalized spacial score (nSPS) is 27.5. The minimum Gasteiger partial charge on any atom is -0.0656 e. The van der Waals surface area contributed by atoms with Gasteiger partial charge in [-0.2, -0.15) is 0 Å². The van der Waals surface area contributed by atoms with E-state index < -0.39 is 0 Å². The second-order valence-electron chi connectivity index (χ2n) is 4.49. The summed E-state index contributed by atoms with van der Waals surface area (Å²) in [7, 11) is 0. The Hall–Kier alpha value is 0. The molecule has 1 unspecified atom stereocenters. The maximum Gasteiger partial charge on any atom is -0.0329 e. The summed E-state index contributed by atoms with van der Waals surface area (Å²) in [6.45, 7) is 11.4. The van der Waals surface area contributed by atoms with Crippen molar-refractivity contribution in [1.29, 1.82) is 0 Å². The molecular formula is C11H24. The van der Waals surface area contributed by atoms with Crippen molar-refractivity contribution in [3.8, 4) is 0 Å². The smallest absolute Gasteiger partial charge is 0.0329 e. The lowest BCUT2D eigenvalue weighted by molar-refractivity contribution is 0.281. The summed E-state index contributed by atoms with van der Waals surface area (Å²) in [5, 5.41) is 0. The molecule has 0 N–H and O–H groups in total. The Kier molecular flexibility index (Phi) is 4.79. The van der Waals surface area contributed by atoms with Crippen LogP contribution in [0.25, 0.3) is 0 Å². The first-order valence-electron chi connectivity index (χ1n) is 5.04. The average molecular weight is 156 g/mol. The van der Waals surface area contributed by atoms with Gasteiger partial charge < -0.3 is 0 Å². The molecule has 0 aliphatic heterocycles. The minimum atomic E-state index is 0.653. The maximum atomic E-state index is 2.38. The predicted octanol–water partition coefficient (Wildman–Crippen LogP) is 4.25. The van der Waals surface area contributed by atoms with Gasteiger partial charge in [-0.15, -0.1) is 0 Å². The van der Waals surface area contributed by atoms with Crippen molar-refractivity contribution in [2.75, 3.05) is 0 Å². The van der Waals surface area contributed by atoms with Crippen LogP contribution in [-0.4, -0.2) is 0 Å². The van der Waals surface area contributed by atoms with Crippen LogP contribution in [0, 0.1) is 11.3 Å². The first-order chi connectivity index (χ1) is 5.04. The molecule has 0 radical (unpaired) electrons. The molecular weight excluding hydrogens is 132 g/mol. The van der Waals surface area contributed by atoms with E-state index >= 15 is 0 Å². The summed E-state index contributed by atoms with van der Waals surface area (Å²) < 4.78 is 0. The van der Waals surface area contributed by atoms with Crippen LogP contribution in [0.1, 0.15) is 60.3 Å². The van der Waals surface area contributed by atoms with Gasteiger partial charge >= 0.3 is 0 Å². The fourth-order valence-electron chi connectivity index (χ4n) is 1.50. The molecule has 1 fully saturated rings. The van der Waals surface area contributed by atoms with Crippen LogP contribution >= 0.6 is 0 Å². The lowest BCUT2D eigenvalue weighted by atomic mass is 9.83.